The zero-order valence-corrected chi connectivity index (χ0v) is 13.0. The molecule has 0 aromatic carbocycles. The van der Waals surface area contributed by atoms with Gasteiger partial charge in [0, 0.05) is 19.6 Å². The molecule has 0 amide bonds. The van der Waals surface area contributed by atoms with E-state index in [1.165, 1.54) is 32.1 Å². The molecular formula is C16H32O4. The first-order valence-corrected chi connectivity index (χ1v) is 8.32. The number of ether oxygens (including phenoxy) is 3. The van der Waals surface area contributed by atoms with Crippen molar-refractivity contribution in [1.29, 1.82) is 0 Å². The lowest BCUT2D eigenvalue weighted by Crippen LogP contribution is -2.22. The zero-order chi connectivity index (χ0) is 14.5. The first-order chi connectivity index (χ1) is 9.86. The average Bonchev–Trinajstić information content (AvgIpc) is 2.97. The van der Waals surface area contributed by atoms with E-state index < -0.39 is 0 Å². The molecule has 0 bridgehead atoms. The highest BCUT2D eigenvalue weighted by Crippen LogP contribution is 2.21. The average molecular weight is 288 g/mol. The van der Waals surface area contributed by atoms with E-state index in [2.05, 4.69) is 6.92 Å². The lowest BCUT2D eigenvalue weighted by molar-refractivity contribution is -0.208. The van der Waals surface area contributed by atoms with E-state index in [9.17, 15) is 0 Å². The molecule has 0 spiro atoms. The summed E-state index contributed by atoms with van der Waals surface area (Å²) in [5.41, 5.74) is 0. The van der Waals surface area contributed by atoms with Gasteiger partial charge >= 0.3 is 0 Å². The summed E-state index contributed by atoms with van der Waals surface area (Å²) in [6.07, 6.45) is 11.2. The van der Waals surface area contributed by atoms with Crippen LogP contribution in [0.25, 0.3) is 0 Å². The van der Waals surface area contributed by atoms with Crippen LogP contribution in [0.3, 0.4) is 0 Å². The summed E-state index contributed by atoms with van der Waals surface area (Å²) in [4.78, 5) is 0. The molecule has 0 radical (unpaired) electrons. The molecule has 4 nitrogen and oxygen atoms in total. The quantitative estimate of drug-likeness (QED) is 0.415. The maximum Gasteiger partial charge on any atom is 0.160 e. The Morgan fingerprint density at radius 3 is 2.55 bits per heavy atom. The summed E-state index contributed by atoms with van der Waals surface area (Å²) in [5, 5.41) is 8.91. The van der Waals surface area contributed by atoms with Crippen LogP contribution in [-0.2, 0) is 14.2 Å². The SMILES string of the molecule is CCCCCCOC(CCCO)OCOC1CCCC1. The van der Waals surface area contributed by atoms with Gasteiger partial charge in [-0.1, -0.05) is 39.0 Å². The third kappa shape index (κ3) is 8.90. The highest BCUT2D eigenvalue weighted by molar-refractivity contribution is 4.65. The minimum atomic E-state index is -0.231. The Morgan fingerprint density at radius 1 is 1.05 bits per heavy atom. The molecule has 1 rings (SSSR count). The second kappa shape index (κ2) is 12.6. The summed E-state index contributed by atoms with van der Waals surface area (Å²) in [6, 6.07) is 0. The Kier molecular flexibility index (Phi) is 11.2. The molecule has 4 heteroatoms. The van der Waals surface area contributed by atoms with Crippen molar-refractivity contribution < 1.29 is 19.3 Å². The van der Waals surface area contributed by atoms with E-state index in [1.807, 2.05) is 0 Å². The fourth-order valence-corrected chi connectivity index (χ4v) is 2.48. The van der Waals surface area contributed by atoms with Gasteiger partial charge in [-0.2, -0.15) is 0 Å². The van der Waals surface area contributed by atoms with Gasteiger partial charge in [0.25, 0.3) is 0 Å². The monoisotopic (exact) mass is 288 g/mol. The van der Waals surface area contributed by atoms with Crippen molar-refractivity contribution in [3.05, 3.63) is 0 Å². The van der Waals surface area contributed by atoms with Crippen molar-refractivity contribution in [2.45, 2.75) is 83.5 Å². The van der Waals surface area contributed by atoms with E-state index in [4.69, 9.17) is 19.3 Å². The highest BCUT2D eigenvalue weighted by atomic mass is 16.7. The van der Waals surface area contributed by atoms with Crippen molar-refractivity contribution in [2.24, 2.45) is 0 Å². The van der Waals surface area contributed by atoms with Crippen LogP contribution in [0.4, 0.5) is 0 Å². The van der Waals surface area contributed by atoms with Crippen LogP contribution in [0.2, 0.25) is 0 Å². The number of rotatable bonds is 13. The predicted octanol–water partition coefficient (Wildman–Crippen LogP) is 3.62. The lowest BCUT2D eigenvalue weighted by Gasteiger charge is -2.20. The Morgan fingerprint density at radius 2 is 1.85 bits per heavy atom. The number of aliphatic hydroxyl groups excluding tert-OH is 1. The van der Waals surface area contributed by atoms with E-state index >= 15 is 0 Å². The molecule has 20 heavy (non-hydrogen) atoms. The summed E-state index contributed by atoms with van der Waals surface area (Å²) in [7, 11) is 0. The van der Waals surface area contributed by atoms with Crippen molar-refractivity contribution >= 4 is 0 Å². The van der Waals surface area contributed by atoms with E-state index in [0.29, 0.717) is 19.3 Å². The molecule has 0 saturated heterocycles. The molecule has 1 unspecified atom stereocenters. The van der Waals surface area contributed by atoms with Gasteiger partial charge in [-0.05, 0) is 25.7 Å². The van der Waals surface area contributed by atoms with E-state index in [0.717, 1.165) is 32.3 Å². The van der Waals surface area contributed by atoms with Gasteiger partial charge in [-0.25, -0.2) is 0 Å². The van der Waals surface area contributed by atoms with Crippen LogP contribution in [0.5, 0.6) is 0 Å². The number of hydrogen-bond donors (Lipinski definition) is 1. The molecule has 0 aromatic heterocycles. The number of aliphatic hydroxyl groups is 1. The minimum Gasteiger partial charge on any atom is -0.396 e. The van der Waals surface area contributed by atoms with Gasteiger partial charge < -0.3 is 19.3 Å². The van der Waals surface area contributed by atoms with Gasteiger partial charge in [-0.3, -0.25) is 0 Å². The summed E-state index contributed by atoms with van der Waals surface area (Å²) in [6.45, 7) is 3.44. The first-order valence-electron chi connectivity index (χ1n) is 8.32. The third-order valence-electron chi connectivity index (χ3n) is 3.76. The van der Waals surface area contributed by atoms with Gasteiger partial charge in [-0.15, -0.1) is 0 Å². The van der Waals surface area contributed by atoms with Crippen molar-refractivity contribution in [2.75, 3.05) is 20.0 Å². The van der Waals surface area contributed by atoms with Crippen molar-refractivity contribution in [3.8, 4) is 0 Å². The topological polar surface area (TPSA) is 47.9 Å². The van der Waals surface area contributed by atoms with Gasteiger partial charge in [0.05, 0.1) is 6.10 Å². The Hall–Kier alpha value is -0.160. The number of unbranched alkanes of at least 4 members (excludes halogenated alkanes) is 3. The molecule has 1 atom stereocenters. The largest absolute Gasteiger partial charge is 0.396 e. The molecule has 1 N–H and O–H groups in total. The predicted molar refractivity (Wildman–Crippen MR) is 79.5 cm³/mol. The fourth-order valence-electron chi connectivity index (χ4n) is 2.48. The highest BCUT2D eigenvalue weighted by Gasteiger charge is 2.16. The molecule has 0 aliphatic heterocycles. The Labute approximate surface area is 123 Å². The zero-order valence-electron chi connectivity index (χ0n) is 13.0. The molecule has 120 valence electrons. The maximum atomic E-state index is 8.91. The van der Waals surface area contributed by atoms with Gasteiger partial charge in [0.15, 0.2) is 6.29 Å². The van der Waals surface area contributed by atoms with Crippen LogP contribution in [-0.4, -0.2) is 37.5 Å². The first kappa shape index (κ1) is 17.9. The maximum absolute atomic E-state index is 8.91. The van der Waals surface area contributed by atoms with Gasteiger partial charge in [0.1, 0.15) is 6.79 Å². The molecule has 0 aromatic rings. The van der Waals surface area contributed by atoms with Crippen molar-refractivity contribution in [3.63, 3.8) is 0 Å². The molecule has 0 heterocycles. The summed E-state index contributed by atoms with van der Waals surface area (Å²) >= 11 is 0. The van der Waals surface area contributed by atoms with Crippen LogP contribution in [0, 0.1) is 0 Å². The minimum absolute atomic E-state index is 0.183. The summed E-state index contributed by atoms with van der Waals surface area (Å²) in [5.74, 6) is 0. The Bertz CT molecular complexity index is 205. The van der Waals surface area contributed by atoms with Gasteiger partial charge in [0.2, 0.25) is 0 Å². The van der Waals surface area contributed by atoms with Crippen LogP contribution in [0.1, 0.15) is 71.1 Å². The standard InChI is InChI=1S/C16H32O4/c1-2-3-4-7-13-18-16(11-8-12-17)20-14-19-15-9-5-6-10-15/h15-17H,2-14H2,1H3. The second-order valence-electron chi connectivity index (χ2n) is 5.58. The molecule has 1 saturated carbocycles. The van der Waals surface area contributed by atoms with Crippen LogP contribution in [0.15, 0.2) is 0 Å². The molecule has 1 fully saturated rings. The molecule has 1 aliphatic carbocycles. The number of hydrogen-bond acceptors (Lipinski definition) is 4. The Balaban J connectivity index is 2.07. The van der Waals surface area contributed by atoms with Crippen molar-refractivity contribution in [1.82, 2.24) is 0 Å². The van der Waals surface area contributed by atoms with Crippen LogP contribution < -0.4 is 0 Å². The van der Waals surface area contributed by atoms with E-state index in [-0.39, 0.29) is 12.9 Å². The second-order valence-corrected chi connectivity index (χ2v) is 5.58. The van der Waals surface area contributed by atoms with Crippen LogP contribution >= 0.6 is 0 Å². The normalized spacial score (nSPS) is 17.7. The fraction of sp³-hybridized carbons (Fsp3) is 1.00. The smallest absolute Gasteiger partial charge is 0.160 e. The lowest BCUT2D eigenvalue weighted by atomic mass is 10.2. The molecule has 1 aliphatic rings. The third-order valence-corrected chi connectivity index (χ3v) is 3.76. The summed E-state index contributed by atoms with van der Waals surface area (Å²) < 4.78 is 17.1. The molecular weight excluding hydrogens is 256 g/mol. The van der Waals surface area contributed by atoms with E-state index in [1.54, 1.807) is 0 Å².